The van der Waals surface area contributed by atoms with Gasteiger partial charge in [-0.15, -0.1) is 0 Å². The molecule has 3 rings (SSSR count). The van der Waals surface area contributed by atoms with E-state index in [2.05, 4.69) is 31.2 Å². The first kappa shape index (κ1) is 14.6. The van der Waals surface area contributed by atoms with E-state index in [1.54, 1.807) is 6.33 Å². The fraction of sp³-hybridized carbons (Fsp3) is 0.438. The fourth-order valence-electron chi connectivity index (χ4n) is 2.57. The zero-order valence-electron chi connectivity index (χ0n) is 13.2. The third kappa shape index (κ3) is 3.44. The summed E-state index contributed by atoms with van der Waals surface area (Å²) in [6, 6.07) is 6.12. The lowest BCUT2D eigenvalue weighted by Crippen LogP contribution is -2.19. The summed E-state index contributed by atoms with van der Waals surface area (Å²) in [5.41, 5.74) is 1.18. The van der Waals surface area contributed by atoms with Crippen molar-refractivity contribution in [3.05, 3.63) is 36.3 Å². The summed E-state index contributed by atoms with van der Waals surface area (Å²) in [6.07, 6.45) is 5.96. The third-order valence-corrected chi connectivity index (χ3v) is 3.82. The highest BCUT2D eigenvalue weighted by molar-refractivity contribution is 5.49. The van der Waals surface area contributed by atoms with Crippen LogP contribution in [0.5, 0.6) is 0 Å². The van der Waals surface area contributed by atoms with Crippen LogP contribution in [-0.2, 0) is 6.54 Å². The van der Waals surface area contributed by atoms with Crippen LogP contribution in [0.4, 0.5) is 17.5 Å². The summed E-state index contributed by atoms with van der Waals surface area (Å²) in [5, 5.41) is 3.37. The van der Waals surface area contributed by atoms with E-state index >= 15 is 0 Å². The van der Waals surface area contributed by atoms with E-state index < -0.39 is 0 Å². The molecule has 0 aromatic carbocycles. The molecule has 3 heterocycles. The molecule has 0 bridgehead atoms. The second kappa shape index (κ2) is 6.60. The topological polar surface area (TPSA) is 57.2 Å². The predicted molar refractivity (Wildman–Crippen MR) is 89.4 cm³/mol. The molecular formula is C16H22N6. The molecule has 2 aromatic rings. The second-order valence-electron chi connectivity index (χ2n) is 5.73. The van der Waals surface area contributed by atoms with Crippen molar-refractivity contribution >= 4 is 17.5 Å². The number of aromatic nitrogens is 3. The molecule has 1 aliphatic heterocycles. The van der Waals surface area contributed by atoms with Gasteiger partial charge in [-0.2, -0.15) is 0 Å². The Kier molecular flexibility index (Phi) is 4.37. The average Bonchev–Trinajstić information content (AvgIpc) is 3.08. The Morgan fingerprint density at radius 3 is 2.73 bits per heavy atom. The van der Waals surface area contributed by atoms with Crippen molar-refractivity contribution in [2.24, 2.45) is 0 Å². The minimum atomic E-state index is 0.722. The number of pyridine rings is 1. The quantitative estimate of drug-likeness (QED) is 0.913. The molecule has 0 atom stereocenters. The maximum atomic E-state index is 4.37. The molecule has 1 aliphatic rings. The zero-order valence-corrected chi connectivity index (χ0v) is 13.2. The van der Waals surface area contributed by atoms with Crippen LogP contribution < -0.4 is 15.1 Å². The summed E-state index contributed by atoms with van der Waals surface area (Å²) in [4.78, 5) is 17.3. The van der Waals surface area contributed by atoms with Crippen molar-refractivity contribution in [3.63, 3.8) is 0 Å². The predicted octanol–water partition coefficient (Wildman–Crippen LogP) is 2.15. The van der Waals surface area contributed by atoms with Gasteiger partial charge in [-0.05, 0) is 30.5 Å². The fourth-order valence-corrected chi connectivity index (χ4v) is 2.57. The normalized spacial score (nSPS) is 14.2. The first-order valence-corrected chi connectivity index (χ1v) is 7.65. The van der Waals surface area contributed by atoms with E-state index in [0.717, 1.165) is 37.1 Å². The van der Waals surface area contributed by atoms with Gasteiger partial charge in [-0.25, -0.2) is 15.0 Å². The first-order chi connectivity index (χ1) is 10.7. The van der Waals surface area contributed by atoms with Crippen molar-refractivity contribution in [1.29, 1.82) is 0 Å². The summed E-state index contributed by atoms with van der Waals surface area (Å²) >= 11 is 0. The molecule has 22 heavy (non-hydrogen) atoms. The molecule has 1 fully saturated rings. The Morgan fingerprint density at radius 1 is 1.14 bits per heavy atom. The molecular weight excluding hydrogens is 276 g/mol. The standard InChI is InChI=1S/C16H22N6/c1-21(2)15-9-13(5-6-17-15)11-18-14-10-16(20-12-19-14)22-7-3-4-8-22/h5-6,9-10,12H,3-4,7-8,11H2,1-2H3,(H,18,19,20). The number of rotatable bonds is 5. The molecule has 0 aliphatic carbocycles. The van der Waals surface area contributed by atoms with Gasteiger partial charge in [0.2, 0.25) is 0 Å². The molecule has 0 radical (unpaired) electrons. The maximum Gasteiger partial charge on any atom is 0.134 e. The summed E-state index contributed by atoms with van der Waals surface area (Å²) in [5.74, 6) is 2.83. The van der Waals surface area contributed by atoms with Gasteiger partial charge in [0.25, 0.3) is 0 Å². The van der Waals surface area contributed by atoms with Crippen molar-refractivity contribution in [2.45, 2.75) is 19.4 Å². The van der Waals surface area contributed by atoms with Crippen LogP contribution in [0.2, 0.25) is 0 Å². The summed E-state index contributed by atoms with van der Waals surface area (Å²) < 4.78 is 0. The molecule has 2 aromatic heterocycles. The molecule has 6 heteroatoms. The van der Waals surface area contributed by atoms with Crippen LogP contribution in [0.15, 0.2) is 30.7 Å². The van der Waals surface area contributed by atoms with E-state index in [4.69, 9.17) is 0 Å². The van der Waals surface area contributed by atoms with Crippen LogP contribution in [0.25, 0.3) is 0 Å². The Labute approximate surface area is 131 Å². The van der Waals surface area contributed by atoms with Crippen molar-refractivity contribution in [1.82, 2.24) is 15.0 Å². The molecule has 0 amide bonds. The molecule has 1 saturated heterocycles. The van der Waals surface area contributed by atoms with Crippen molar-refractivity contribution < 1.29 is 0 Å². The number of hydrogen-bond donors (Lipinski definition) is 1. The van der Waals surface area contributed by atoms with E-state index in [9.17, 15) is 0 Å². The smallest absolute Gasteiger partial charge is 0.134 e. The molecule has 6 nitrogen and oxygen atoms in total. The summed E-state index contributed by atoms with van der Waals surface area (Å²) in [6.45, 7) is 2.90. The van der Waals surface area contributed by atoms with Crippen LogP contribution in [0, 0.1) is 0 Å². The monoisotopic (exact) mass is 298 g/mol. The van der Waals surface area contributed by atoms with E-state index in [0.29, 0.717) is 0 Å². The number of nitrogens with one attached hydrogen (secondary N) is 1. The summed E-state index contributed by atoms with van der Waals surface area (Å²) in [7, 11) is 3.98. The lowest BCUT2D eigenvalue weighted by Gasteiger charge is -2.17. The largest absolute Gasteiger partial charge is 0.366 e. The Bertz CT molecular complexity index is 622. The van der Waals surface area contributed by atoms with E-state index in [-0.39, 0.29) is 0 Å². The first-order valence-electron chi connectivity index (χ1n) is 7.65. The van der Waals surface area contributed by atoms with Crippen LogP contribution in [-0.4, -0.2) is 42.1 Å². The Hall–Kier alpha value is -2.37. The SMILES string of the molecule is CN(C)c1cc(CNc2cc(N3CCCC3)ncn2)ccn1. The van der Waals surface area contributed by atoms with Gasteiger partial charge in [0.05, 0.1) is 0 Å². The van der Waals surface area contributed by atoms with Crippen LogP contribution in [0.3, 0.4) is 0 Å². The lowest BCUT2D eigenvalue weighted by atomic mass is 10.2. The highest BCUT2D eigenvalue weighted by Crippen LogP contribution is 2.19. The third-order valence-electron chi connectivity index (χ3n) is 3.82. The lowest BCUT2D eigenvalue weighted by molar-refractivity contribution is 0.925. The number of hydrogen-bond acceptors (Lipinski definition) is 6. The van der Waals surface area contributed by atoms with E-state index in [1.165, 1.54) is 18.4 Å². The number of anilines is 3. The molecule has 116 valence electrons. The molecule has 0 spiro atoms. The zero-order chi connectivity index (χ0) is 15.4. The minimum absolute atomic E-state index is 0.722. The minimum Gasteiger partial charge on any atom is -0.366 e. The molecule has 1 N–H and O–H groups in total. The van der Waals surface area contributed by atoms with Crippen molar-refractivity contribution in [3.8, 4) is 0 Å². The van der Waals surface area contributed by atoms with Crippen LogP contribution in [0.1, 0.15) is 18.4 Å². The number of nitrogens with zero attached hydrogens (tertiary/aromatic N) is 5. The molecule has 0 saturated carbocycles. The van der Waals surface area contributed by atoms with Gasteiger partial charge < -0.3 is 15.1 Å². The van der Waals surface area contributed by atoms with Gasteiger partial charge in [0.1, 0.15) is 23.8 Å². The molecule has 0 unspecified atom stereocenters. The van der Waals surface area contributed by atoms with E-state index in [1.807, 2.05) is 37.3 Å². The Balaban J connectivity index is 1.66. The Morgan fingerprint density at radius 2 is 1.95 bits per heavy atom. The van der Waals surface area contributed by atoms with Gasteiger partial charge >= 0.3 is 0 Å². The highest BCUT2D eigenvalue weighted by Gasteiger charge is 2.13. The van der Waals surface area contributed by atoms with Gasteiger partial charge in [0, 0.05) is 46.0 Å². The van der Waals surface area contributed by atoms with Gasteiger partial charge in [-0.3, -0.25) is 0 Å². The van der Waals surface area contributed by atoms with Crippen molar-refractivity contribution in [2.75, 3.05) is 42.3 Å². The van der Waals surface area contributed by atoms with Gasteiger partial charge in [0.15, 0.2) is 0 Å². The average molecular weight is 298 g/mol. The van der Waals surface area contributed by atoms with Crippen LogP contribution >= 0.6 is 0 Å². The highest BCUT2D eigenvalue weighted by atomic mass is 15.2. The van der Waals surface area contributed by atoms with Gasteiger partial charge in [-0.1, -0.05) is 0 Å². The maximum absolute atomic E-state index is 4.37. The second-order valence-corrected chi connectivity index (χ2v) is 5.73.